The zero-order valence-electron chi connectivity index (χ0n) is 14.3. The number of nitrogens with one attached hydrogen (secondary N) is 1. The third kappa shape index (κ3) is 5.63. The van der Waals surface area contributed by atoms with Gasteiger partial charge >= 0.3 is 0 Å². The van der Waals surface area contributed by atoms with Gasteiger partial charge < -0.3 is 5.32 Å². The van der Waals surface area contributed by atoms with E-state index in [1.165, 1.54) is 6.07 Å². The summed E-state index contributed by atoms with van der Waals surface area (Å²) in [6.45, 7) is 2.22. The Hall–Kier alpha value is -1.72. The van der Waals surface area contributed by atoms with Crippen LogP contribution >= 0.6 is 34.4 Å². The Bertz CT molecular complexity index is 1040. The third-order valence-corrected chi connectivity index (χ3v) is 8.25. The molecule has 0 fully saturated rings. The van der Waals surface area contributed by atoms with Crippen molar-refractivity contribution in [2.75, 3.05) is 0 Å². The highest BCUT2D eigenvalue weighted by atomic mass is 32.2. The predicted octanol–water partition coefficient (Wildman–Crippen LogP) is 3.38. The summed E-state index contributed by atoms with van der Waals surface area (Å²) in [5, 5.41) is 9.89. The molecule has 1 amide bonds. The molecule has 3 aromatic rings. The number of thiazole rings is 1. The molecule has 3 rings (SSSR count). The van der Waals surface area contributed by atoms with Crippen LogP contribution < -0.4 is 10.5 Å². The number of nitrogens with two attached hydrogens (primary N) is 1. The molecule has 2 aromatic heterocycles. The minimum atomic E-state index is -3.70. The SMILES string of the molecule is Cc1csc(SCc2ccc(C(=O)NCc3ccc(S(N)(=O)=O)s3)cc2)n1. The van der Waals surface area contributed by atoms with Crippen LogP contribution in [0.5, 0.6) is 0 Å². The summed E-state index contributed by atoms with van der Waals surface area (Å²) in [5.74, 6) is 0.579. The highest BCUT2D eigenvalue weighted by Crippen LogP contribution is 2.26. The molecule has 27 heavy (non-hydrogen) atoms. The number of carbonyl (C=O) groups is 1. The van der Waals surface area contributed by atoms with Crippen molar-refractivity contribution >= 4 is 50.4 Å². The van der Waals surface area contributed by atoms with Crippen LogP contribution in [0.4, 0.5) is 0 Å². The number of primary sulfonamides is 1. The van der Waals surface area contributed by atoms with Crippen molar-refractivity contribution < 1.29 is 13.2 Å². The fourth-order valence-corrected chi connectivity index (χ4v) is 5.70. The normalized spacial score (nSPS) is 11.5. The van der Waals surface area contributed by atoms with Crippen molar-refractivity contribution in [1.29, 1.82) is 0 Å². The molecule has 0 saturated heterocycles. The van der Waals surface area contributed by atoms with Crippen LogP contribution in [0.25, 0.3) is 0 Å². The number of aryl methyl sites for hydroxylation is 1. The molecule has 0 saturated carbocycles. The molecule has 0 atom stereocenters. The van der Waals surface area contributed by atoms with Gasteiger partial charge in [-0.3, -0.25) is 4.79 Å². The summed E-state index contributed by atoms with van der Waals surface area (Å²) in [6, 6.07) is 10.5. The van der Waals surface area contributed by atoms with Crippen LogP contribution in [-0.2, 0) is 22.3 Å². The van der Waals surface area contributed by atoms with Gasteiger partial charge in [-0.1, -0.05) is 23.9 Å². The molecule has 10 heteroatoms. The lowest BCUT2D eigenvalue weighted by molar-refractivity contribution is 0.0951. The number of nitrogens with zero attached hydrogens (tertiary/aromatic N) is 1. The standard InChI is InChI=1S/C17H17N3O3S4/c1-11-9-24-17(20-11)25-10-12-2-4-13(5-3-12)16(21)19-8-14-6-7-15(26-14)27(18,22)23/h2-7,9H,8,10H2,1H3,(H,19,21)(H2,18,22,23). The number of hydrogen-bond acceptors (Lipinski definition) is 7. The number of sulfonamides is 1. The van der Waals surface area contributed by atoms with Crippen LogP contribution in [0.3, 0.4) is 0 Å². The Morgan fingerprint density at radius 1 is 1.22 bits per heavy atom. The van der Waals surface area contributed by atoms with Gasteiger partial charge in [0.05, 0.1) is 6.54 Å². The highest BCUT2D eigenvalue weighted by molar-refractivity contribution is 8.00. The van der Waals surface area contributed by atoms with Gasteiger partial charge in [-0.15, -0.1) is 22.7 Å². The minimum Gasteiger partial charge on any atom is -0.347 e. The maximum atomic E-state index is 12.3. The third-order valence-electron chi connectivity index (χ3n) is 3.52. The summed E-state index contributed by atoms with van der Waals surface area (Å²) >= 11 is 4.35. The van der Waals surface area contributed by atoms with Crippen molar-refractivity contribution in [2.45, 2.75) is 27.8 Å². The van der Waals surface area contributed by atoms with Gasteiger partial charge in [0, 0.05) is 27.3 Å². The van der Waals surface area contributed by atoms with E-state index in [2.05, 4.69) is 10.3 Å². The second-order valence-electron chi connectivity index (χ2n) is 5.69. The van der Waals surface area contributed by atoms with Gasteiger partial charge in [0.2, 0.25) is 10.0 Å². The molecule has 3 N–H and O–H groups in total. The Morgan fingerprint density at radius 2 is 1.96 bits per heavy atom. The van der Waals surface area contributed by atoms with E-state index < -0.39 is 10.0 Å². The van der Waals surface area contributed by atoms with Gasteiger partial charge in [0.25, 0.3) is 5.91 Å². The Labute approximate surface area is 169 Å². The van der Waals surface area contributed by atoms with Crippen molar-refractivity contribution in [2.24, 2.45) is 5.14 Å². The fourth-order valence-electron chi connectivity index (χ4n) is 2.17. The maximum Gasteiger partial charge on any atom is 0.251 e. The van der Waals surface area contributed by atoms with Crippen LogP contribution in [0.15, 0.2) is 50.3 Å². The molecule has 1 aromatic carbocycles. The van der Waals surface area contributed by atoms with Crippen molar-refractivity contribution in [3.05, 3.63) is 63.5 Å². The Morgan fingerprint density at radius 3 is 2.56 bits per heavy atom. The molecule has 0 bridgehead atoms. The predicted molar refractivity (Wildman–Crippen MR) is 110 cm³/mol. The van der Waals surface area contributed by atoms with Crippen LogP contribution in [-0.4, -0.2) is 19.3 Å². The van der Waals surface area contributed by atoms with Gasteiger partial charge in [-0.25, -0.2) is 18.5 Å². The zero-order chi connectivity index (χ0) is 19.4. The van der Waals surface area contributed by atoms with E-state index >= 15 is 0 Å². The van der Waals surface area contributed by atoms with Crippen LogP contribution in [0, 0.1) is 6.92 Å². The number of rotatable bonds is 7. The minimum absolute atomic E-state index is 0.0871. The quantitative estimate of drug-likeness (QED) is 0.550. The van der Waals surface area contributed by atoms with Crippen LogP contribution in [0.1, 0.15) is 26.5 Å². The van der Waals surface area contributed by atoms with E-state index in [1.54, 1.807) is 41.3 Å². The summed E-state index contributed by atoms with van der Waals surface area (Å²) in [6.07, 6.45) is 0. The zero-order valence-corrected chi connectivity index (χ0v) is 17.6. The lowest BCUT2D eigenvalue weighted by Crippen LogP contribution is -2.22. The van der Waals surface area contributed by atoms with Gasteiger partial charge in [-0.05, 0) is 36.8 Å². The number of aromatic nitrogens is 1. The molecule has 0 aliphatic rings. The maximum absolute atomic E-state index is 12.3. The molecule has 2 heterocycles. The smallest absolute Gasteiger partial charge is 0.251 e. The van der Waals surface area contributed by atoms with Crippen molar-refractivity contribution in [3.63, 3.8) is 0 Å². The second-order valence-corrected chi connectivity index (χ2v) is 10.7. The lowest BCUT2D eigenvalue weighted by atomic mass is 10.1. The molecule has 0 spiro atoms. The first-order valence-corrected chi connectivity index (χ1v) is 12.1. The largest absolute Gasteiger partial charge is 0.347 e. The van der Waals surface area contributed by atoms with Crippen LogP contribution in [0.2, 0.25) is 0 Å². The molecular formula is C17H17N3O3S4. The van der Waals surface area contributed by atoms with E-state index in [9.17, 15) is 13.2 Å². The first-order valence-electron chi connectivity index (χ1n) is 7.85. The topological polar surface area (TPSA) is 102 Å². The molecule has 0 radical (unpaired) electrons. The van der Waals surface area contributed by atoms with E-state index in [4.69, 9.17) is 5.14 Å². The Kier molecular flexibility index (Phi) is 6.33. The summed E-state index contributed by atoms with van der Waals surface area (Å²) in [4.78, 5) is 17.4. The molecule has 142 valence electrons. The summed E-state index contributed by atoms with van der Waals surface area (Å²) in [5.41, 5.74) is 2.69. The average molecular weight is 440 g/mol. The number of thiophene rings is 1. The number of hydrogen-bond donors (Lipinski definition) is 2. The Balaban J connectivity index is 1.53. The van der Waals surface area contributed by atoms with E-state index in [-0.39, 0.29) is 16.7 Å². The van der Waals surface area contributed by atoms with Gasteiger partial charge in [0.15, 0.2) is 0 Å². The van der Waals surface area contributed by atoms with Gasteiger partial charge in [0.1, 0.15) is 8.55 Å². The number of amides is 1. The number of benzene rings is 1. The fraction of sp³-hybridized carbons (Fsp3) is 0.176. The van der Waals surface area contributed by atoms with E-state index in [0.717, 1.165) is 37.6 Å². The first-order chi connectivity index (χ1) is 12.8. The summed E-state index contributed by atoms with van der Waals surface area (Å²) in [7, 11) is -3.70. The number of carbonyl (C=O) groups excluding carboxylic acids is 1. The lowest BCUT2D eigenvalue weighted by Gasteiger charge is -2.05. The van der Waals surface area contributed by atoms with Gasteiger partial charge in [-0.2, -0.15) is 0 Å². The highest BCUT2D eigenvalue weighted by Gasteiger charge is 2.12. The average Bonchev–Trinajstić information content (AvgIpc) is 3.27. The molecular weight excluding hydrogens is 422 g/mol. The van der Waals surface area contributed by atoms with Crippen molar-refractivity contribution in [3.8, 4) is 0 Å². The second kappa shape index (κ2) is 8.53. The number of thioether (sulfide) groups is 1. The summed E-state index contributed by atoms with van der Waals surface area (Å²) < 4.78 is 23.7. The van der Waals surface area contributed by atoms with E-state index in [1.807, 2.05) is 24.4 Å². The molecule has 6 nitrogen and oxygen atoms in total. The monoisotopic (exact) mass is 439 g/mol. The first kappa shape index (κ1) is 20.0. The van der Waals surface area contributed by atoms with Crippen molar-refractivity contribution in [1.82, 2.24) is 10.3 Å². The molecule has 0 unspecified atom stereocenters. The molecule has 0 aliphatic carbocycles. The van der Waals surface area contributed by atoms with E-state index in [0.29, 0.717) is 5.56 Å². The molecule has 0 aliphatic heterocycles.